The molecule has 2 rings (SSSR count). The summed E-state index contributed by atoms with van der Waals surface area (Å²) in [6, 6.07) is 11.3. The molecule has 0 saturated carbocycles. The van der Waals surface area contributed by atoms with E-state index < -0.39 is 11.9 Å². The fraction of sp³-hybridized carbons (Fsp3) is 0.133. The van der Waals surface area contributed by atoms with Crippen molar-refractivity contribution < 1.29 is 9.53 Å². The molecule has 0 spiro atoms. The zero-order valence-electron chi connectivity index (χ0n) is 11.3. The van der Waals surface area contributed by atoms with Crippen LogP contribution in [0.1, 0.15) is 11.6 Å². The van der Waals surface area contributed by atoms with Gasteiger partial charge in [-0.2, -0.15) is 0 Å². The van der Waals surface area contributed by atoms with Crippen molar-refractivity contribution in [2.75, 3.05) is 12.4 Å². The minimum absolute atomic E-state index is 0.408. The highest BCUT2D eigenvalue weighted by atomic mass is 35.5. The van der Waals surface area contributed by atoms with Crippen LogP contribution in [-0.4, -0.2) is 13.0 Å². The van der Waals surface area contributed by atoms with E-state index in [1.54, 1.807) is 37.4 Å². The van der Waals surface area contributed by atoms with Gasteiger partial charge in [0, 0.05) is 15.6 Å². The first kappa shape index (κ1) is 15.5. The zero-order valence-corrected chi connectivity index (χ0v) is 12.8. The summed E-state index contributed by atoms with van der Waals surface area (Å²) in [5.41, 5.74) is 6.64. The van der Waals surface area contributed by atoms with Gasteiger partial charge in [0.1, 0.15) is 11.8 Å². The van der Waals surface area contributed by atoms with Crippen molar-refractivity contribution >= 4 is 34.8 Å². The third kappa shape index (κ3) is 3.60. The van der Waals surface area contributed by atoms with E-state index in [4.69, 9.17) is 33.7 Å². The highest BCUT2D eigenvalue weighted by Crippen LogP contribution is 2.32. The molecule has 3 N–H and O–H groups in total. The Morgan fingerprint density at radius 1 is 1.24 bits per heavy atom. The van der Waals surface area contributed by atoms with Gasteiger partial charge in [-0.15, -0.1) is 0 Å². The monoisotopic (exact) mass is 324 g/mol. The van der Waals surface area contributed by atoms with Crippen LogP contribution >= 0.6 is 23.2 Å². The first-order valence-corrected chi connectivity index (χ1v) is 6.92. The van der Waals surface area contributed by atoms with E-state index in [0.29, 0.717) is 27.0 Å². The summed E-state index contributed by atoms with van der Waals surface area (Å²) in [4.78, 5) is 11.8. The molecule has 0 heterocycles. The van der Waals surface area contributed by atoms with Crippen molar-refractivity contribution in [3.63, 3.8) is 0 Å². The average molecular weight is 325 g/mol. The van der Waals surface area contributed by atoms with Crippen molar-refractivity contribution in [1.29, 1.82) is 0 Å². The SMILES string of the molecule is COc1ccccc1NC(C(N)=O)c1cc(Cl)ccc1Cl. The van der Waals surface area contributed by atoms with Gasteiger partial charge in [-0.1, -0.05) is 35.3 Å². The van der Waals surface area contributed by atoms with E-state index in [1.165, 1.54) is 0 Å². The van der Waals surface area contributed by atoms with Gasteiger partial charge in [0.25, 0.3) is 0 Å². The van der Waals surface area contributed by atoms with E-state index in [-0.39, 0.29) is 0 Å². The van der Waals surface area contributed by atoms with Gasteiger partial charge in [-0.05, 0) is 30.3 Å². The summed E-state index contributed by atoms with van der Waals surface area (Å²) < 4.78 is 5.24. The number of amides is 1. The highest BCUT2D eigenvalue weighted by Gasteiger charge is 2.22. The van der Waals surface area contributed by atoms with Gasteiger partial charge in [-0.25, -0.2) is 0 Å². The number of nitrogens with one attached hydrogen (secondary N) is 1. The number of hydrogen-bond donors (Lipinski definition) is 2. The molecule has 0 radical (unpaired) electrons. The van der Waals surface area contributed by atoms with Crippen LogP contribution < -0.4 is 15.8 Å². The molecule has 0 fully saturated rings. The highest BCUT2D eigenvalue weighted by molar-refractivity contribution is 6.33. The van der Waals surface area contributed by atoms with Crippen molar-refractivity contribution in [3.8, 4) is 5.75 Å². The molecular formula is C15H14Cl2N2O2. The van der Waals surface area contributed by atoms with Crippen LogP contribution in [-0.2, 0) is 4.79 Å². The zero-order chi connectivity index (χ0) is 15.4. The molecule has 110 valence electrons. The van der Waals surface area contributed by atoms with Gasteiger partial charge in [0.2, 0.25) is 5.91 Å². The summed E-state index contributed by atoms with van der Waals surface area (Å²) >= 11 is 12.1. The molecule has 0 aliphatic heterocycles. The Morgan fingerprint density at radius 2 is 1.95 bits per heavy atom. The lowest BCUT2D eigenvalue weighted by molar-refractivity contribution is -0.118. The summed E-state index contributed by atoms with van der Waals surface area (Å²) in [5, 5.41) is 3.92. The molecule has 0 aromatic heterocycles. The second-order valence-electron chi connectivity index (χ2n) is 4.35. The molecule has 0 saturated heterocycles. The van der Waals surface area contributed by atoms with Crippen LogP contribution in [0.4, 0.5) is 5.69 Å². The summed E-state index contributed by atoms with van der Waals surface area (Å²) in [5.74, 6) is 0.0342. The molecule has 1 atom stereocenters. The topological polar surface area (TPSA) is 64.3 Å². The van der Waals surface area contributed by atoms with E-state index in [2.05, 4.69) is 5.32 Å². The number of hydrogen-bond acceptors (Lipinski definition) is 3. The number of primary amides is 1. The quantitative estimate of drug-likeness (QED) is 0.882. The molecular weight excluding hydrogens is 311 g/mol. The number of para-hydroxylation sites is 2. The molecule has 2 aromatic carbocycles. The first-order chi connectivity index (χ1) is 10.0. The first-order valence-electron chi connectivity index (χ1n) is 6.16. The van der Waals surface area contributed by atoms with Gasteiger partial charge < -0.3 is 15.8 Å². The van der Waals surface area contributed by atoms with E-state index >= 15 is 0 Å². The second-order valence-corrected chi connectivity index (χ2v) is 5.19. The predicted molar refractivity (Wildman–Crippen MR) is 85.0 cm³/mol. The van der Waals surface area contributed by atoms with Crippen molar-refractivity contribution in [2.45, 2.75) is 6.04 Å². The Morgan fingerprint density at radius 3 is 2.62 bits per heavy atom. The van der Waals surface area contributed by atoms with E-state index in [1.807, 2.05) is 12.1 Å². The minimum Gasteiger partial charge on any atom is -0.495 e. The van der Waals surface area contributed by atoms with Crippen LogP contribution in [0.2, 0.25) is 10.0 Å². The van der Waals surface area contributed by atoms with Crippen LogP contribution in [0, 0.1) is 0 Å². The number of benzene rings is 2. The lowest BCUT2D eigenvalue weighted by atomic mass is 10.1. The molecule has 6 heteroatoms. The maximum Gasteiger partial charge on any atom is 0.244 e. The molecule has 0 bridgehead atoms. The van der Waals surface area contributed by atoms with Crippen molar-refractivity contribution in [2.24, 2.45) is 5.73 Å². The van der Waals surface area contributed by atoms with E-state index in [9.17, 15) is 4.79 Å². The molecule has 0 aliphatic rings. The minimum atomic E-state index is -0.813. The Bertz CT molecular complexity index is 662. The number of anilines is 1. The van der Waals surface area contributed by atoms with Crippen molar-refractivity contribution in [3.05, 3.63) is 58.1 Å². The largest absolute Gasteiger partial charge is 0.495 e. The van der Waals surface area contributed by atoms with Crippen LogP contribution in [0.5, 0.6) is 5.75 Å². The van der Waals surface area contributed by atoms with Crippen molar-refractivity contribution in [1.82, 2.24) is 0 Å². The lowest BCUT2D eigenvalue weighted by Gasteiger charge is -2.20. The molecule has 21 heavy (non-hydrogen) atoms. The van der Waals surface area contributed by atoms with Crippen LogP contribution in [0.15, 0.2) is 42.5 Å². The normalized spacial score (nSPS) is 11.8. The number of halogens is 2. The summed E-state index contributed by atoms with van der Waals surface area (Å²) in [6.45, 7) is 0. The maximum absolute atomic E-state index is 11.8. The maximum atomic E-state index is 11.8. The molecule has 4 nitrogen and oxygen atoms in total. The van der Waals surface area contributed by atoms with Gasteiger partial charge in [-0.3, -0.25) is 4.79 Å². The number of rotatable bonds is 5. The second kappa shape index (κ2) is 6.70. The smallest absolute Gasteiger partial charge is 0.244 e. The Labute approximate surface area is 132 Å². The molecule has 1 amide bonds. The van der Waals surface area contributed by atoms with Gasteiger partial charge in [0.05, 0.1) is 12.8 Å². The van der Waals surface area contributed by atoms with Gasteiger partial charge in [0.15, 0.2) is 0 Å². The van der Waals surface area contributed by atoms with E-state index in [0.717, 1.165) is 0 Å². The molecule has 2 aromatic rings. The third-order valence-corrected chi connectivity index (χ3v) is 3.54. The number of carbonyl (C=O) groups excluding carboxylic acids is 1. The Balaban J connectivity index is 2.40. The standard InChI is InChI=1S/C15H14Cl2N2O2/c1-21-13-5-3-2-4-12(13)19-14(15(18)20)10-8-9(16)6-7-11(10)17/h2-8,14,19H,1H3,(H2,18,20). The average Bonchev–Trinajstić information content (AvgIpc) is 2.47. The third-order valence-electron chi connectivity index (χ3n) is 2.96. The summed E-state index contributed by atoms with van der Waals surface area (Å²) in [6.07, 6.45) is 0. The fourth-order valence-corrected chi connectivity index (χ4v) is 2.36. The Kier molecular flexibility index (Phi) is 4.94. The fourth-order valence-electron chi connectivity index (χ4n) is 1.96. The van der Waals surface area contributed by atoms with Gasteiger partial charge >= 0.3 is 0 Å². The van der Waals surface area contributed by atoms with Crippen LogP contribution in [0.25, 0.3) is 0 Å². The van der Waals surface area contributed by atoms with Crippen LogP contribution in [0.3, 0.4) is 0 Å². The number of carbonyl (C=O) groups is 1. The molecule has 0 aliphatic carbocycles. The molecule has 1 unspecified atom stereocenters. The summed E-state index contributed by atoms with van der Waals surface area (Å²) in [7, 11) is 1.55. The Hall–Kier alpha value is -1.91. The number of nitrogens with two attached hydrogens (primary N) is 1. The number of ether oxygens (including phenoxy) is 1. The number of methoxy groups -OCH3 is 1. The lowest BCUT2D eigenvalue weighted by Crippen LogP contribution is -2.28. The predicted octanol–water partition coefficient (Wildman–Crippen LogP) is 3.64.